The van der Waals surface area contributed by atoms with E-state index in [1.165, 1.54) is 8.61 Å². The number of halogens is 1. The Hall–Kier alpha value is -0.430. The minimum Gasteiger partial charge on any atom is -0.195 e. The molecule has 94 valence electrons. The Balaban J connectivity index is 2.22. The molecule has 17 heavy (non-hydrogen) atoms. The van der Waals surface area contributed by atoms with Crippen LogP contribution >= 0.6 is 15.9 Å². The quantitative estimate of drug-likeness (QED) is 0.833. The highest BCUT2D eigenvalue weighted by Crippen LogP contribution is 2.23. The largest absolute Gasteiger partial charge is 0.282 e. The van der Waals surface area contributed by atoms with Crippen molar-refractivity contribution in [1.82, 2.24) is 8.61 Å². The van der Waals surface area contributed by atoms with Gasteiger partial charge in [-0.1, -0.05) is 28.1 Å². The van der Waals surface area contributed by atoms with Gasteiger partial charge >= 0.3 is 0 Å². The normalized spacial score (nSPS) is 20.9. The standard InChI is InChI=1S/C11H15BrN2O2S/c1-9-3-4-10(11(12)7-9)8-14-6-5-13(2)17(14,15)16/h3-4,7H,5-6,8H2,1-2H3. The molecular weight excluding hydrogens is 304 g/mol. The monoisotopic (exact) mass is 318 g/mol. The summed E-state index contributed by atoms with van der Waals surface area (Å²) >= 11 is 3.47. The van der Waals surface area contributed by atoms with Crippen LogP contribution in [-0.4, -0.2) is 37.2 Å². The van der Waals surface area contributed by atoms with Crippen molar-refractivity contribution in [3.8, 4) is 0 Å². The van der Waals surface area contributed by atoms with E-state index in [9.17, 15) is 8.42 Å². The maximum absolute atomic E-state index is 11.9. The Morgan fingerprint density at radius 2 is 2.06 bits per heavy atom. The molecule has 0 saturated carbocycles. The predicted octanol–water partition coefficient (Wildman–Crippen LogP) is 1.75. The Morgan fingerprint density at radius 3 is 2.59 bits per heavy atom. The van der Waals surface area contributed by atoms with Crippen LogP contribution in [0, 0.1) is 6.92 Å². The zero-order valence-corrected chi connectivity index (χ0v) is 12.3. The van der Waals surface area contributed by atoms with Gasteiger partial charge in [-0.3, -0.25) is 0 Å². The van der Waals surface area contributed by atoms with Crippen LogP contribution in [0.5, 0.6) is 0 Å². The molecule has 0 N–H and O–H groups in total. The van der Waals surface area contributed by atoms with E-state index in [4.69, 9.17) is 0 Å². The Labute approximate surface area is 111 Å². The second kappa shape index (κ2) is 4.68. The average molecular weight is 319 g/mol. The van der Waals surface area contributed by atoms with Crippen molar-refractivity contribution in [3.63, 3.8) is 0 Å². The van der Waals surface area contributed by atoms with Gasteiger partial charge in [-0.25, -0.2) is 0 Å². The number of aryl methyl sites for hydroxylation is 1. The van der Waals surface area contributed by atoms with Crippen LogP contribution in [0.4, 0.5) is 0 Å². The zero-order valence-electron chi connectivity index (χ0n) is 9.85. The molecule has 1 aliphatic heterocycles. The molecule has 0 bridgehead atoms. The van der Waals surface area contributed by atoms with Crippen LogP contribution in [0.1, 0.15) is 11.1 Å². The van der Waals surface area contributed by atoms with Gasteiger partial charge in [-0.05, 0) is 24.1 Å². The molecule has 0 radical (unpaired) electrons. The third-order valence-corrected chi connectivity index (χ3v) is 5.61. The molecule has 1 saturated heterocycles. The first-order valence-electron chi connectivity index (χ1n) is 5.37. The minimum absolute atomic E-state index is 0.424. The first-order chi connectivity index (χ1) is 7.91. The molecular formula is C11H15BrN2O2S. The van der Waals surface area contributed by atoms with Crippen molar-refractivity contribution < 1.29 is 8.42 Å². The van der Waals surface area contributed by atoms with Gasteiger partial charge in [-0.15, -0.1) is 0 Å². The molecule has 6 heteroatoms. The van der Waals surface area contributed by atoms with Crippen LogP contribution in [0.15, 0.2) is 22.7 Å². The second-order valence-corrected chi connectivity index (χ2v) is 7.15. The lowest BCUT2D eigenvalue weighted by Gasteiger charge is -2.16. The molecule has 0 amide bonds. The molecule has 0 aliphatic carbocycles. The SMILES string of the molecule is Cc1ccc(CN2CCN(C)S2(=O)=O)c(Br)c1. The lowest BCUT2D eigenvalue weighted by atomic mass is 10.1. The fraction of sp³-hybridized carbons (Fsp3) is 0.455. The van der Waals surface area contributed by atoms with Crippen LogP contribution < -0.4 is 0 Å². The molecule has 2 rings (SSSR count). The number of hydrogen-bond donors (Lipinski definition) is 0. The fourth-order valence-corrected chi connectivity index (χ4v) is 3.75. The topological polar surface area (TPSA) is 40.6 Å². The van der Waals surface area contributed by atoms with Crippen molar-refractivity contribution in [2.45, 2.75) is 13.5 Å². The van der Waals surface area contributed by atoms with Crippen molar-refractivity contribution in [2.75, 3.05) is 20.1 Å². The van der Waals surface area contributed by atoms with Gasteiger partial charge in [0, 0.05) is 31.2 Å². The van der Waals surface area contributed by atoms with Gasteiger partial charge in [0.25, 0.3) is 10.2 Å². The first kappa shape index (κ1) is 13.0. The molecule has 0 unspecified atom stereocenters. The number of benzene rings is 1. The highest BCUT2D eigenvalue weighted by molar-refractivity contribution is 9.10. The number of hydrogen-bond acceptors (Lipinski definition) is 2. The van der Waals surface area contributed by atoms with Gasteiger partial charge in [0.15, 0.2) is 0 Å². The molecule has 1 heterocycles. The van der Waals surface area contributed by atoms with Crippen molar-refractivity contribution in [2.24, 2.45) is 0 Å². The fourth-order valence-electron chi connectivity index (χ4n) is 1.81. The third-order valence-electron chi connectivity index (χ3n) is 2.94. The van der Waals surface area contributed by atoms with E-state index in [0.29, 0.717) is 19.6 Å². The second-order valence-electron chi connectivity index (χ2n) is 4.26. The zero-order chi connectivity index (χ0) is 12.6. The summed E-state index contributed by atoms with van der Waals surface area (Å²) in [5, 5.41) is 0. The Morgan fingerprint density at radius 1 is 1.35 bits per heavy atom. The van der Waals surface area contributed by atoms with E-state index >= 15 is 0 Å². The summed E-state index contributed by atoms with van der Waals surface area (Å²) in [5.74, 6) is 0. The van der Waals surface area contributed by atoms with E-state index in [1.54, 1.807) is 7.05 Å². The van der Waals surface area contributed by atoms with Crippen LogP contribution in [-0.2, 0) is 16.8 Å². The Bertz CT molecular complexity index is 530. The number of likely N-dealkylation sites (N-methyl/N-ethyl adjacent to an activating group) is 1. The minimum atomic E-state index is -3.25. The predicted molar refractivity (Wildman–Crippen MR) is 70.8 cm³/mol. The highest BCUT2D eigenvalue weighted by atomic mass is 79.9. The molecule has 0 aromatic heterocycles. The number of rotatable bonds is 2. The summed E-state index contributed by atoms with van der Waals surface area (Å²) < 4.78 is 27.7. The summed E-state index contributed by atoms with van der Waals surface area (Å²) in [6, 6.07) is 5.96. The summed E-state index contributed by atoms with van der Waals surface area (Å²) in [7, 11) is -1.63. The molecule has 0 spiro atoms. The maximum Gasteiger partial charge on any atom is 0.282 e. The van der Waals surface area contributed by atoms with Gasteiger partial charge in [0.1, 0.15) is 0 Å². The van der Waals surface area contributed by atoms with E-state index < -0.39 is 10.2 Å². The van der Waals surface area contributed by atoms with Gasteiger partial charge < -0.3 is 0 Å². The smallest absolute Gasteiger partial charge is 0.195 e. The Kier molecular flexibility index (Phi) is 3.58. The molecule has 0 atom stereocenters. The van der Waals surface area contributed by atoms with Crippen LogP contribution in [0.25, 0.3) is 0 Å². The summed E-state index contributed by atoms with van der Waals surface area (Å²) in [6.45, 7) is 3.55. The maximum atomic E-state index is 11.9. The van der Waals surface area contributed by atoms with Crippen molar-refractivity contribution >= 4 is 26.1 Å². The molecule has 1 fully saturated rings. The van der Waals surface area contributed by atoms with Crippen molar-refractivity contribution in [3.05, 3.63) is 33.8 Å². The highest BCUT2D eigenvalue weighted by Gasteiger charge is 2.33. The number of nitrogens with zero attached hydrogens (tertiary/aromatic N) is 2. The average Bonchev–Trinajstić information content (AvgIpc) is 2.48. The van der Waals surface area contributed by atoms with E-state index in [0.717, 1.165) is 15.6 Å². The van der Waals surface area contributed by atoms with E-state index in [2.05, 4.69) is 15.9 Å². The van der Waals surface area contributed by atoms with E-state index in [-0.39, 0.29) is 0 Å². The first-order valence-corrected chi connectivity index (χ1v) is 7.56. The van der Waals surface area contributed by atoms with E-state index in [1.807, 2.05) is 25.1 Å². The summed E-state index contributed by atoms with van der Waals surface area (Å²) in [4.78, 5) is 0. The van der Waals surface area contributed by atoms with Gasteiger partial charge in [-0.2, -0.15) is 17.0 Å². The van der Waals surface area contributed by atoms with Crippen molar-refractivity contribution in [1.29, 1.82) is 0 Å². The molecule has 1 aromatic rings. The molecule has 1 aliphatic rings. The molecule has 1 aromatic carbocycles. The van der Waals surface area contributed by atoms with Gasteiger partial charge in [0.2, 0.25) is 0 Å². The molecule has 4 nitrogen and oxygen atoms in total. The lowest BCUT2D eigenvalue weighted by molar-refractivity contribution is 0.444. The lowest BCUT2D eigenvalue weighted by Crippen LogP contribution is -2.30. The summed E-state index contributed by atoms with van der Waals surface area (Å²) in [6.07, 6.45) is 0. The summed E-state index contributed by atoms with van der Waals surface area (Å²) in [5.41, 5.74) is 2.15. The third kappa shape index (κ3) is 2.54. The van der Waals surface area contributed by atoms with Crippen LogP contribution in [0.2, 0.25) is 0 Å². The van der Waals surface area contributed by atoms with Crippen LogP contribution in [0.3, 0.4) is 0 Å². The van der Waals surface area contributed by atoms with Gasteiger partial charge in [0.05, 0.1) is 0 Å².